The van der Waals surface area contributed by atoms with E-state index >= 15 is 0 Å². The molecule has 1 aromatic rings. The number of hydrogen-bond donors (Lipinski definition) is 2. The highest BCUT2D eigenvalue weighted by atomic mass is 16.5. The highest BCUT2D eigenvalue weighted by Gasteiger charge is 2.28. The second-order valence-corrected chi connectivity index (χ2v) is 6.07. The number of aliphatic imine (C=N–C) groups is 1. The van der Waals surface area contributed by atoms with Gasteiger partial charge in [0.05, 0.1) is 6.61 Å². The van der Waals surface area contributed by atoms with Crippen LogP contribution in [-0.2, 0) is 11.3 Å². The number of aromatic nitrogens is 2. The number of aryl methyl sites for hydroxylation is 1. The van der Waals surface area contributed by atoms with E-state index < -0.39 is 0 Å². The normalized spacial score (nSPS) is 15.0. The molecule has 0 bridgehead atoms. The molecule has 1 aliphatic rings. The van der Waals surface area contributed by atoms with Gasteiger partial charge < -0.3 is 15.4 Å². The minimum absolute atomic E-state index is 0.760. The van der Waals surface area contributed by atoms with Crippen LogP contribution >= 0.6 is 0 Å². The van der Waals surface area contributed by atoms with E-state index in [2.05, 4.69) is 32.5 Å². The predicted octanol–water partition coefficient (Wildman–Crippen LogP) is 0.939. The fourth-order valence-electron chi connectivity index (χ4n) is 2.64. The Morgan fingerprint density at radius 2 is 2.25 bits per heavy atom. The van der Waals surface area contributed by atoms with E-state index in [-0.39, 0.29) is 0 Å². The Balaban J connectivity index is 1.66. The number of guanidine groups is 1. The van der Waals surface area contributed by atoms with E-state index in [9.17, 15) is 0 Å². The Kier molecular flexibility index (Phi) is 8.62. The lowest BCUT2D eigenvalue weighted by Gasteiger charge is -2.22. The zero-order valence-electron chi connectivity index (χ0n) is 15.1. The van der Waals surface area contributed by atoms with E-state index in [4.69, 9.17) is 4.74 Å². The van der Waals surface area contributed by atoms with Crippen molar-refractivity contribution in [1.29, 1.82) is 0 Å². The molecule has 2 rings (SSSR count). The predicted molar refractivity (Wildman–Crippen MR) is 97.3 cm³/mol. The molecule has 0 amide bonds. The maximum atomic E-state index is 5.21. The lowest BCUT2D eigenvalue weighted by atomic mass is 10.4. The molecule has 0 atom stereocenters. The zero-order valence-corrected chi connectivity index (χ0v) is 15.1. The van der Waals surface area contributed by atoms with Crippen molar-refractivity contribution in [3.63, 3.8) is 0 Å². The molecule has 24 heavy (non-hydrogen) atoms. The first-order valence-corrected chi connectivity index (χ1v) is 9.06. The minimum atomic E-state index is 0.760. The molecule has 7 heteroatoms. The summed E-state index contributed by atoms with van der Waals surface area (Å²) in [5, 5.41) is 11.0. The first kappa shape index (κ1) is 18.7. The van der Waals surface area contributed by atoms with Gasteiger partial charge in [-0.2, -0.15) is 5.10 Å². The molecule has 7 nitrogen and oxygen atoms in total. The Morgan fingerprint density at radius 3 is 2.92 bits per heavy atom. The third-order valence-electron chi connectivity index (χ3n) is 4.06. The molecule has 1 fully saturated rings. The fraction of sp³-hybridized carbons (Fsp3) is 0.765. The third kappa shape index (κ3) is 7.31. The van der Waals surface area contributed by atoms with Gasteiger partial charge in [0.25, 0.3) is 0 Å². The highest BCUT2D eigenvalue weighted by Crippen LogP contribution is 2.25. The molecule has 0 spiro atoms. The lowest BCUT2D eigenvalue weighted by molar-refractivity contribution is 0.144. The molecular formula is C17H32N6O. The minimum Gasteiger partial charge on any atom is -0.383 e. The summed E-state index contributed by atoms with van der Waals surface area (Å²) in [5.41, 5.74) is 0. The highest BCUT2D eigenvalue weighted by molar-refractivity contribution is 5.79. The lowest BCUT2D eigenvalue weighted by Crippen LogP contribution is -2.42. The Bertz CT molecular complexity index is 458. The van der Waals surface area contributed by atoms with Crippen molar-refractivity contribution in [2.45, 2.75) is 38.8 Å². The van der Waals surface area contributed by atoms with E-state index in [1.807, 2.05) is 23.1 Å². The first-order chi connectivity index (χ1) is 11.8. The molecule has 1 heterocycles. The molecule has 0 radical (unpaired) electrons. The van der Waals surface area contributed by atoms with Crippen LogP contribution in [0.15, 0.2) is 23.5 Å². The summed E-state index contributed by atoms with van der Waals surface area (Å²) in [6, 6.07) is 2.71. The van der Waals surface area contributed by atoms with E-state index in [1.54, 1.807) is 7.11 Å². The topological polar surface area (TPSA) is 66.7 Å². The van der Waals surface area contributed by atoms with Crippen molar-refractivity contribution in [3.05, 3.63) is 18.5 Å². The van der Waals surface area contributed by atoms with Gasteiger partial charge in [0, 0.05) is 64.8 Å². The van der Waals surface area contributed by atoms with Gasteiger partial charge in [-0.15, -0.1) is 0 Å². The van der Waals surface area contributed by atoms with Crippen LogP contribution in [0.25, 0.3) is 0 Å². The second-order valence-electron chi connectivity index (χ2n) is 6.07. The summed E-state index contributed by atoms with van der Waals surface area (Å²) < 4.78 is 7.15. The molecule has 0 unspecified atom stereocenters. The quantitative estimate of drug-likeness (QED) is 0.338. The van der Waals surface area contributed by atoms with Crippen molar-refractivity contribution in [1.82, 2.24) is 25.3 Å². The molecule has 1 saturated carbocycles. The second kappa shape index (κ2) is 11.0. The number of ether oxygens (including phenoxy) is 1. The molecular weight excluding hydrogens is 304 g/mol. The number of rotatable bonds is 12. The number of nitrogens with one attached hydrogen (secondary N) is 2. The summed E-state index contributed by atoms with van der Waals surface area (Å²) in [6.45, 7) is 8.43. The SMILES string of the molecule is CCNC(=NCCCn1cccn1)NCCN(CCOC)C1CC1. The molecule has 0 aliphatic heterocycles. The smallest absolute Gasteiger partial charge is 0.191 e. The Morgan fingerprint density at radius 1 is 1.38 bits per heavy atom. The summed E-state index contributed by atoms with van der Waals surface area (Å²) >= 11 is 0. The number of nitrogens with zero attached hydrogens (tertiary/aromatic N) is 4. The first-order valence-electron chi connectivity index (χ1n) is 9.06. The van der Waals surface area contributed by atoms with Crippen molar-refractivity contribution >= 4 is 5.96 Å². The molecule has 0 saturated heterocycles. The molecule has 2 N–H and O–H groups in total. The zero-order chi connectivity index (χ0) is 17.0. The van der Waals surface area contributed by atoms with Crippen LogP contribution < -0.4 is 10.6 Å². The fourth-order valence-corrected chi connectivity index (χ4v) is 2.64. The van der Waals surface area contributed by atoms with Crippen molar-refractivity contribution in [3.8, 4) is 0 Å². The number of methoxy groups -OCH3 is 1. The van der Waals surface area contributed by atoms with Crippen molar-refractivity contribution in [2.24, 2.45) is 4.99 Å². The summed E-state index contributed by atoms with van der Waals surface area (Å²) in [4.78, 5) is 7.15. The molecule has 1 aliphatic carbocycles. The van der Waals surface area contributed by atoms with Gasteiger partial charge in [-0.3, -0.25) is 14.6 Å². The largest absolute Gasteiger partial charge is 0.383 e. The van der Waals surface area contributed by atoms with E-state index in [0.717, 1.165) is 64.3 Å². The van der Waals surface area contributed by atoms with E-state index in [0.29, 0.717) is 0 Å². The van der Waals surface area contributed by atoms with Gasteiger partial charge in [0.1, 0.15) is 0 Å². The Hall–Kier alpha value is -1.60. The van der Waals surface area contributed by atoms with Crippen LogP contribution in [0.2, 0.25) is 0 Å². The van der Waals surface area contributed by atoms with Crippen LogP contribution in [-0.4, -0.2) is 73.1 Å². The molecule has 1 aromatic heterocycles. The Labute approximate surface area is 145 Å². The van der Waals surface area contributed by atoms with Gasteiger partial charge in [-0.25, -0.2) is 0 Å². The van der Waals surface area contributed by atoms with Crippen LogP contribution in [0.4, 0.5) is 0 Å². The standard InChI is InChI=1S/C17H32N6O/c1-3-18-17(19-8-4-11-23-12-5-9-21-23)20-10-13-22(14-15-24-2)16-6-7-16/h5,9,12,16H,3-4,6-8,10-11,13-15H2,1-2H3,(H2,18,19,20). The van der Waals surface area contributed by atoms with Crippen LogP contribution in [0.5, 0.6) is 0 Å². The van der Waals surface area contributed by atoms with Crippen molar-refractivity contribution in [2.75, 3.05) is 46.4 Å². The maximum Gasteiger partial charge on any atom is 0.191 e. The summed E-state index contributed by atoms with van der Waals surface area (Å²) in [7, 11) is 1.77. The van der Waals surface area contributed by atoms with Crippen LogP contribution in [0.3, 0.4) is 0 Å². The average Bonchev–Trinajstić information content (AvgIpc) is 3.30. The van der Waals surface area contributed by atoms with E-state index in [1.165, 1.54) is 12.8 Å². The average molecular weight is 336 g/mol. The van der Waals surface area contributed by atoms with Gasteiger partial charge in [0.2, 0.25) is 0 Å². The van der Waals surface area contributed by atoms with Gasteiger partial charge in [-0.05, 0) is 32.3 Å². The summed E-state index contributed by atoms with van der Waals surface area (Å²) in [6.07, 6.45) is 7.43. The maximum absolute atomic E-state index is 5.21. The molecule has 136 valence electrons. The van der Waals surface area contributed by atoms with Gasteiger partial charge >= 0.3 is 0 Å². The van der Waals surface area contributed by atoms with Crippen LogP contribution in [0, 0.1) is 0 Å². The summed E-state index contributed by atoms with van der Waals surface area (Å²) in [5.74, 6) is 0.903. The number of hydrogen-bond acceptors (Lipinski definition) is 4. The third-order valence-corrected chi connectivity index (χ3v) is 4.06. The monoisotopic (exact) mass is 336 g/mol. The van der Waals surface area contributed by atoms with Gasteiger partial charge in [0.15, 0.2) is 5.96 Å². The van der Waals surface area contributed by atoms with Crippen molar-refractivity contribution < 1.29 is 4.74 Å². The molecule has 0 aromatic carbocycles. The van der Waals surface area contributed by atoms with Crippen LogP contribution in [0.1, 0.15) is 26.2 Å². The van der Waals surface area contributed by atoms with Gasteiger partial charge in [-0.1, -0.05) is 0 Å².